The molecule has 6 nitrogen and oxygen atoms in total. The van der Waals surface area contributed by atoms with Crippen molar-refractivity contribution in [3.05, 3.63) is 65.2 Å². The van der Waals surface area contributed by atoms with Crippen molar-refractivity contribution in [2.24, 2.45) is 0 Å². The molecule has 2 fully saturated rings. The smallest absolute Gasteiger partial charge is 0.0705 e. The first-order valence-electron chi connectivity index (χ1n) is 13.5. The van der Waals surface area contributed by atoms with Crippen LogP contribution >= 0.6 is 0 Å². The van der Waals surface area contributed by atoms with E-state index in [0.29, 0.717) is 11.4 Å². The molecule has 4 N–H and O–H groups in total. The number of anilines is 2. The highest BCUT2D eigenvalue weighted by molar-refractivity contribution is 6.14. The van der Waals surface area contributed by atoms with E-state index < -0.39 is 0 Å². The highest BCUT2D eigenvalue weighted by atomic mass is 16.5. The van der Waals surface area contributed by atoms with Gasteiger partial charge in [-0.1, -0.05) is 50.5 Å². The van der Waals surface area contributed by atoms with E-state index in [9.17, 15) is 0 Å². The Morgan fingerprint density at radius 3 is 2.36 bits per heavy atom. The standard InChI is InChI=1S/C30H43N5O/c1-4-8-28(33-22-30(34(2)3)15-6-5-7-16-30)24-11-14-27(31)26(21-24)29(32)23-9-12-25(13-10-23)35-17-19-36-20-18-35/h8-14,21,32-33H,4-7,15-20,22,31H2,1-3H3/b28-8-,32-29?. The van der Waals surface area contributed by atoms with Crippen LogP contribution in [0.5, 0.6) is 0 Å². The zero-order valence-electron chi connectivity index (χ0n) is 22.3. The number of nitrogens with one attached hydrogen (secondary N) is 2. The largest absolute Gasteiger partial charge is 0.398 e. The minimum atomic E-state index is 0.191. The summed E-state index contributed by atoms with van der Waals surface area (Å²) in [6, 6.07) is 14.4. The number of allylic oxidation sites excluding steroid dienone is 1. The van der Waals surface area contributed by atoms with Gasteiger partial charge in [-0.05, 0) is 63.2 Å². The van der Waals surface area contributed by atoms with Gasteiger partial charge in [-0.3, -0.25) is 5.41 Å². The topological polar surface area (TPSA) is 77.6 Å². The van der Waals surface area contributed by atoms with Crippen LogP contribution in [0.15, 0.2) is 48.5 Å². The van der Waals surface area contributed by atoms with Crippen molar-refractivity contribution in [1.82, 2.24) is 10.2 Å². The maximum absolute atomic E-state index is 8.96. The number of hydrogen-bond donors (Lipinski definition) is 3. The first-order valence-corrected chi connectivity index (χ1v) is 13.5. The number of morpholine rings is 1. The molecule has 0 atom stereocenters. The van der Waals surface area contributed by atoms with Crippen LogP contribution in [0, 0.1) is 5.41 Å². The van der Waals surface area contributed by atoms with Gasteiger partial charge in [-0.2, -0.15) is 0 Å². The van der Waals surface area contributed by atoms with Gasteiger partial charge in [0.05, 0.1) is 18.9 Å². The SMILES string of the molecule is CC/C=C(\NCC1(N(C)C)CCCCC1)c1ccc(N)c(C(=N)c2ccc(N3CCOCC3)cc2)c1. The zero-order chi connectivity index (χ0) is 25.5. The summed E-state index contributed by atoms with van der Waals surface area (Å²) in [5.41, 5.74) is 12.7. The van der Waals surface area contributed by atoms with Crippen molar-refractivity contribution in [1.29, 1.82) is 5.41 Å². The molecule has 6 heteroatoms. The Kier molecular flexibility index (Phi) is 8.70. The quantitative estimate of drug-likeness (QED) is 0.336. The number of rotatable bonds is 9. The Labute approximate surface area is 217 Å². The lowest BCUT2D eigenvalue weighted by Gasteiger charge is -2.43. The number of likely N-dealkylation sites (N-methyl/N-ethyl adjacent to an activating group) is 1. The molecule has 2 aromatic rings. The second-order valence-corrected chi connectivity index (χ2v) is 10.4. The minimum absolute atomic E-state index is 0.191. The van der Waals surface area contributed by atoms with E-state index in [1.165, 1.54) is 37.8 Å². The lowest BCUT2D eigenvalue weighted by molar-refractivity contribution is 0.103. The lowest BCUT2D eigenvalue weighted by Crippen LogP contribution is -2.52. The second kappa shape index (κ2) is 11.9. The van der Waals surface area contributed by atoms with Crippen molar-refractivity contribution in [2.45, 2.75) is 51.0 Å². The molecule has 0 radical (unpaired) electrons. The van der Waals surface area contributed by atoms with Gasteiger partial charge in [-0.15, -0.1) is 0 Å². The fourth-order valence-electron chi connectivity index (χ4n) is 5.50. The molecule has 1 aliphatic heterocycles. The summed E-state index contributed by atoms with van der Waals surface area (Å²) in [6.45, 7) is 6.42. The molecule has 1 saturated carbocycles. The first-order chi connectivity index (χ1) is 17.4. The molecular formula is C30H43N5O. The molecule has 2 aromatic carbocycles. The average Bonchev–Trinajstić information content (AvgIpc) is 2.92. The summed E-state index contributed by atoms with van der Waals surface area (Å²) >= 11 is 0. The maximum Gasteiger partial charge on any atom is 0.0705 e. The van der Waals surface area contributed by atoms with Gasteiger partial charge in [0, 0.05) is 53.4 Å². The summed E-state index contributed by atoms with van der Waals surface area (Å²) in [5, 5.41) is 12.7. The van der Waals surface area contributed by atoms with Crippen LogP contribution in [-0.4, -0.2) is 63.1 Å². The predicted octanol–water partition coefficient (Wildman–Crippen LogP) is 5.13. The Bertz CT molecular complexity index is 1050. The third kappa shape index (κ3) is 5.93. The van der Waals surface area contributed by atoms with Crippen LogP contribution < -0.4 is 16.0 Å². The van der Waals surface area contributed by atoms with Crippen molar-refractivity contribution >= 4 is 22.8 Å². The maximum atomic E-state index is 8.96. The number of hydrogen-bond acceptors (Lipinski definition) is 6. The first kappa shape index (κ1) is 26.2. The molecule has 0 spiro atoms. The molecule has 0 amide bonds. The average molecular weight is 490 g/mol. The molecule has 1 aliphatic carbocycles. The summed E-state index contributed by atoms with van der Waals surface area (Å²) in [4.78, 5) is 4.74. The molecule has 0 bridgehead atoms. The fourth-order valence-corrected chi connectivity index (χ4v) is 5.50. The van der Waals surface area contributed by atoms with E-state index in [0.717, 1.165) is 61.7 Å². The molecule has 0 unspecified atom stereocenters. The van der Waals surface area contributed by atoms with Gasteiger partial charge in [0.15, 0.2) is 0 Å². The molecular weight excluding hydrogens is 446 g/mol. The molecule has 4 rings (SSSR count). The van der Waals surface area contributed by atoms with Crippen molar-refractivity contribution in [2.75, 3.05) is 57.6 Å². The van der Waals surface area contributed by atoms with E-state index in [1.807, 2.05) is 18.2 Å². The van der Waals surface area contributed by atoms with Gasteiger partial charge >= 0.3 is 0 Å². The molecule has 2 aliphatic rings. The Morgan fingerprint density at radius 2 is 1.72 bits per heavy atom. The fraction of sp³-hybridized carbons (Fsp3) is 0.500. The third-order valence-corrected chi connectivity index (χ3v) is 7.91. The van der Waals surface area contributed by atoms with Crippen molar-refractivity contribution < 1.29 is 4.74 Å². The highest BCUT2D eigenvalue weighted by Crippen LogP contribution is 2.32. The van der Waals surface area contributed by atoms with E-state index in [4.69, 9.17) is 15.9 Å². The second-order valence-electron chi connectivity index (χ2n) is 10.4. The van der Waals surface area contributed by atoms with Gasteiger partial charge in [0.2, 0.25) is 0 Å². The molecule has 36 heavy (non-hydrogen) atoms. The van der Waals surface area contributed by atoms with Gasteiger partial charge in [0.1, 0.15) is 0 Å². The van der Waals surface area contributed by atoms with Crippen molar-refractivity contribution in [3.63, 3.8) is 0 Å². The normalized spacial score (nSPS) is 18.3. The monoisotopic (exact) mass is 489 g/mol. The summed E-state index contributed by atoms with van der Waals surface area (Å²) < 4.78 is 5.47. The summed E-state index contributed by atoms with van der Waals surface area (Å²) in [7, 11) is 4.42. The van der Waals surface area contributed by atoms with E-state index in [-0.39, 0.29) is 5.54 Å². The molecule has 0 aromatic heterocycles. The summed E-state index contributed by atoms with van der Waals surface area (Å²) in [5.74, 6) is 0. The van der Waals surface area contributed by atoms with Gasteiger partial charge in [-0.25, -0.2) is 0 Å². The van der Waals surface area contributed by atoms with E-state index in [2.05, 4.69) is 66.5 Å². The summed E-state index contributed by atoms with van der Waals surface area (Å²) in [6.07, 6.45) is 9.57. The number of nitrogens with two attached hydrogens (primary N) is 1. The van der Waals surface area contributed by atoms with Crippen LogP contribution in [-0.2, 0) is 4.74 Å². The van der Waals surface area contributed by atoms with Gasteiger partial charge < -0.3 is 25.6 Å². The van der Waals surface area contributed by atoms with E-state index in [1.54, 1.807) is 0 Å². The van der Waals surface area contributed by atoms with Crippen LogP contribution in [0.2, 0.25) is 0 Å². The van der Waals surface area contributed by atoms with E-state index >= 15 is 0 Å². The Hall–Kier alpha value is -2.83. The van der Waals surface area contributed by atoms with Crippen LogP contribution in [0.25, 0.3) is 5.70 Å². The predicted molar refractivity (Wildman–Crippen MR) is 152 cm³/mol. The van der Waals surface area contributed by atoms with Crippen molar-refractivity contribution in [3.8, 4) is 0 Å². The van der Waals surface area contributed by atoms with Crippen LogP contribution in [0.3, 0.4) is 0 Å². The number of ether oxygens (including phenoxy) is 1. The number of nitrogens with zero attached hydrogens (tertiary/aromatic N) is 2. The number of nitrogen functional groups attached to an aromatic ring is 1. The Morgan fingerprint density at radius 1 is 1.06 bits per heavy atom. The van der Waals surface area contributed by atoms with Crippen LogP contribution in [0.4, 0.5) is 11.4 Å². The van der Waals surface area contributed by atoms with Crippen LogP contribution in [0.1, 0.15) is 62.1 Å². The molecule has 194 valence electrons. The minimum Gasteiger partial charge on any atom is -0.398 e. The molecule has 1 saturated heterocycles. The lowest BCUT2D eigenvalue weighted by atomic mass is 9.80. The molecule has 1 heterocycles. The number of benzene rings is 2. The zero-order valence-corrected chi connectivity index (χ0v) is 22.3. The third-order valence-electron chi connectivity index (χ3n) is 7.91. The Balaban J connectivity index is 1.53. The highest BCUT2D eigenvalue weighted by Gasteiger charge is 2.34. The van der Waals surface area contributed by atoms with Gasteiger partial charge in [0.25, 0.3) is 0 Å².